The van der Waals surface area contributed by atoms with Crippen LogP contribution in [0, 0.1) is 12.8 Å². The lowest BCUT2D eigenvalue weighted by atomic mass is 9.97. The number of allylic oxidation sites excluding steroid dienone is 1. The van der Waals surface area contributed by atoms with E-state index in [-0.39, 0.29) is 5.91 Å². The summed E-state index contributed by atoms with van der Waals surface area (Å²) < 4.78 is 2.04. The number of hydrogen-bond donors (Lipinski definition) is 1. The number of nitrogens with zero attached hydrogens (tertiary/aromatic N) is 4. The van der Waals surface area contributed by atoms with E-state index in [1.54, 1.807) is 0 Å². The van der Waals surface area contributed by atoms with E-state index in [1.807, 2.05) is 47.3 Å². The first-order valence-corrected chi connectivity index (χ1v) is 12.2. The molecule has 5 rings (SSSR count). The quantitative estimate of drug-likeness (QED) is 0.507. The Labute approximate surface area is 200 Å². The van der Waals surface area contributed by atoms with Crippen LogP contribution in [-0.4, -0.2) is 32.7 Å². The van der Waals surface area contributed by atoms with Gasteiger partial charge < -0.3 is 9.88 Å². The van der Waals surface area contributed by atoms with Gasteiger partial charge in [0.2, 0.25) is 0 Å². The predicted molar refractivity (Wildman–Crippen MR) is 136 cm³/mol. The van der Waals surface area contributed by atoms with E-state index in [0.29, 0.717) is 29.8 Å². The smallest absolute Gasteiger partial charge is 0.256 e. The molecule has 1 aliphatic heterocycles. The molecule has 0 bridgehead atoms. The second-order valence-corrected chi connectivity index (χ2v) is 9.55. The van der Waals surface area contributed by atoms with Gasteiger partial charge in [0.15, 0.2) is 0 Å². The Morgan fingerprint density at radius 2 is 1.97 bits per heavy atom. The predicted octanol–water partition coefficient (Wildman–Crippen LogP) is 5.87. The summed E-state index contributed by atoms with van der Waals surface area (Å²) in [6, 6.07) is 11.4. The Morgan fingerprint density at radius 3 is 2.76 bits per heavy atom. The highest BCUT2D eigenvalue weighted by Crippen LogP contribution is 2.33. The number of pyridine rings is 1. The summed E-state index contributed by atoms with van der Waals surface area (Å²) in [5.41, 5.74) is 6.72. The molecule has 0 unspecified atom stereocenters. The number of aryl methyl sites for hydroxylation is 1. The fourth-order valence-corrected chi connectivity index (χ4v) is 4.92. The van der Waals surface area contributed by atoms with Crippen molar-refractivity contribution >= 4 is 17.4 Å². The second-order valence-electron chi connectivity index (χ2n) is 9.55. The summed E-state index contributed by atoms with van der Waals surface area (Å²) in [6.07, 6.45) is 11.1. The van der Waals surface area contributed by atoms with Gasteiger partial charge in [-0.05, 0) is 61.1 Å². The number of benzene rings is 1. The van der Waals surface area contributed by atoms with Crippen molar-refractivity contribution < 1.29 is 4.79 Å². The van der Waals surface area contributed by atoms with Crippen molar-refractivity contribution in [2.45, 2.75) is 52.4 Å². The lowest BCUT2D eigenvalue weighted by molar-refractivity contribution is 0.102. The van der Waals surface area contributed by atoms with Crippen LogP contribution >= 0.6 is 0 Å². The SMILES string of the molecule is Cc1ccc(C(=O)Nc2cccc(C3=NCC=C3C(C)C)n2)cc1-n1cnc(C2CCCC2)c1. The third-order valence-electron chi connectivity index (χ3n) is 6.81. The molecule has 0 atom stereocenters. The number of rotatable bonds is 6. The molecule has 1 N–H and O–H groups in total. The molecule has 6 nitrogen and oxygen atoms in total. The number of imidazole rings is 1. The summed E-state index contributed by atoms with van der Waals surface area (Å²) in [7, 11) is 0. The summed E-state index contributed by atoms with van der Waals surface area (Å²) in [5.74, 6) is 1.27. The average Bonchev–Trinajstić information content (AvgIpc) is 3.61. The number of hydrogen-bond acceptors (Lipinski definition) is 4. The Morgan fingerprint density at radius 1 is 1.15 bits per heavy atom. The van der Waals surface area contributed by atoms with Gasteiger partial charge in [0.1, 0.15) is 5.82 Å². The van der Waals surface area contributed by atoms with E-state index < -0.39 is 0 Å². The standard InChI is InChI=1S/C28H31N5O/c1-18(2)22-13-14-29-27(22)23-9-6-10-26(31-23)32-28(34)21-12-11-19(3)25(15-21)33-16-24(30-17-33)20-7-4-5-8-20/h6,9-13,15-18,20H,4-5,7-8,14H2,1-3H3,(H,31,32,34). The maximum Gasteiger partial charge on any atom is 0.256 e. The largest absolute Gasteiger partial charge is 0.307 e. The van der Waals surface area contributed by atoms with Gasteiger partial charge in [0, 0.05) is 17.7 Å². The lowest BCUT2D eigenvalue weighted by Crippen LogP contribution is -2.15. The molecule has 6 heteroatoms. The number of carbonyl (C=O) groups is 1. The van der Waals surface area contributed by atoms with E-state index in [1.165, 1.54) is 31.3 Å². The lowest BCUT2D eigenvalue weighted by Gasteiger charge is -2.12. The minimum atomic E-state index is -0.185. The molecule has 3 heterocycles. The van der Waals surface area contributed by atoms with Gasteiger partial charge in [-0.25, -0.2) is 9.97 Å². The third kappa shape index (κ3) is 4.45. The fourth-order valence-electron chi connectivity index (χ4n) is 4.92. The van der Waals surface area contributed by atoms with E-state index in [2.05, 4.69) is 53.3 Å². The van der Waals surface area contributed by atoms with Crippen molar-refractivity contribution in [3.8, 4) is 5.69 Å². The highest BCUT2D eigenvalue weighted by molar-refractivity contribution is 6.13. The Hall–Kier alpha value is -3.54. The van der Waals surface area contributed by atoms with Crippen molar-refractivity contribution in [1.29, 1.82) is 0 Å². The number of anilines is 1. The number of carbonyl (C=O) groups excluding carboxylic acids is 1. The zero-order valence-electron chi connectivity index (χ0n) is 20.1. The van der Waals surface area contributed by atoms with Crippen LogP contribution in [0.1, 0.15) is 72.8 Å². The maximum atomic E-state index is 13.1. The van der Waals surface area contributed by atoms with Crippen molar-refractivity contribution in [2.24, 2.45) is 10.9 Å². The van der Waals surface area contributed by atoms with Gasteiger partial charge in [-0.3, -0.25) is 9.79 Å². The highest BCUT2D eigenvalue weighted by Gasteiger charge is 2.21. The van der Waals surface area contributed by atoms with Gasteiger partial charge >= 0.3 is 0 Å². The van der Waals surface area contributed by atoms with E-state index >= 15 is 0 Å². The number of aromatic nitrogens is 3. The van der Waals surface area contributed by atoms with Crippen LogP contribution in [0.25, 0.3) is 5.69 Å². The van der Waals surface area contributed by atoms with E-state index in [0.717, 1.165) is 28.4 Å². The van der Waals surface area contributed by atoms with Gasteiger partial charge in [-0.1, -0.05) is 44.9 Å². The minimum absolute atomic E-state index is 0.185. The molecule has 174 valence electrons. The maximum absolute atomic E-state index is 13.1. The van der Waals surface area contributed by atoms with Crippen LogP contribution in [-0.2, 0) is 0 Å². The average molecular weight is 454 g/mol. The monoisotopic (exact) mass is 453 g/mol. The molecule has 1 fully saturated rings. The molecular formula is C28H31N5O. The molecule has 2 aromatic heterocycles. The van der Waals surface area contributed by atoms with Crippen molar-refractivity contribution in [3.63, 3.8) is 0 Å². The molecular weight excluding hydrogens is 422 g/mol. The van der Waals surface area contributed by atoms with E-state index in [9.17, 15) is 4.79 Å². The van der Waals surface area contributed by atoms with Gasteiger partial charge in [-0.15, -0.1) is 0 Å². The van der Waals surface area contributed by atoms with Crippen LogP contribution in [0.2, 0.25) is 0 Å². The third-order valence-corrected chi connectivity index (χ3v) is 6.81. The summed E-state index contributed by atoms with van der Waals surface area (Å²) in [5, 5.41) is 2.96. The van der Waals surface area contributed by atoms with Crippen LogP contribution in [0.3, 0.4) is 0 Å². The van der Waals surface area contributed by atoms with Gasteiger partial charge in [-0.2, -0.15) is 0 Å². The van der Waals surface area contributed by atoms with Crippen LogP contribution in [0.15, 0.2) is 65.6 Å². The van der Waals surface area contributed by atoms with Gasteiger partial charge in [0.05, 0.1) is 35.7 Å². The fraction of sp³-hybridized carbons (Fsp3) is 0.357. The van der Waals surface area contributed by atoms with Crippen LogP contribution in [0.4, 0.5) is 5.82 Å². The molecule has 34 heavy (non-hydrogen) atoms. The first kappa shape index (κ1) is 22.3. The number of aliphatic imine (C=N–C) groups is 1. The van der Waals surface area contributed by atoms with Crippen molar-refractivity contribution in [1.82, 2.24) is 14.5 Å². The Balaban J connectivity index is 1.36. The molecule has 0 radical (unpaired) electrons. The Bertz CT molecular complexity index is 1280. The molecule has 2 aliphatic rings. The molecule has 1 aliphatic carbocycles. The molecule has 0 saturated heterocycles. The second kappa shape index (κ2) is 9.37. The molecule has 3 aromatic rings. The minimum Gasteiger partial charge on any atom is -0.307 e. The van der Waals surface area contributed by atoms with Crippen LogP contribution in [0.5, 0.6) is 0 Å². The zero-order chi connectivity index (χ0) is 23.7. The first-order chi connectivity index (χ1) is 16.5. The normalized spacial score (nSPS) is 16.1. The molecule has 0 spiro atoms. The van der Waals surface area contributed by atoms with Gasteiger partial charge in [0.25, 0.3) is 5.91 Å². The van der Waals surface area contributed by atoms with E-state index in [4.69, 9.17) is 0 Å². The van der Waals surface area contributed by atoms with Crippen LogP contribution < -0.4 is 5.32 Å². The summed E-state index contributed by atoms with van der Waals surface area (Å²) in [4.78, 5) is 27.1. The highest BCUT2D eigenvalue weighted by atomic mass is 16.1. The molecule has 1 aromatic carbocycles. The zero-order valence-corrected chi connectivity index (χ0v) is 20.1. The summed E-state index contributed by atoms with van der Waals surface area (Å²) in [6.45, 7) is 7.05. The Kier molecular flexibility index (Phi) is 6.14. The molecule has 1 amide bonds. The summed E-state index contributed by atoms with van der Waals surface area (Å²) >= 11 is 0. The molecule has 1 saturated carbocycles. The first-order valence-electron chi connectivity index (χ1n) is 12.2. The van der Waals surface area contributed by atoms with Crippen molar-refractivity contribution in [3.05, 3.63) is 83.1 Å². The number of amides is 1. The number of nitrogens with one attached hydrogen (secondary N) is 1. The van der Waals surface area contributed by atoms with Crippen molar-refractivity contribution in [2.75, 3.05) is 11.9 Å². The topological polar surface area (TPSA) is 72.2 Å².